The number of piperidine rings is 2. The summed E-state index contributed by atoms with van der Waals surface area (Å²) >= 11 is 0. The molecule has 146 valence electrons. The first-order valence-corrected chi connectivity index (χ1v) is 10.2. The van der Waals surface area contributed by atoms with Gasteiger partial charge in [0.1, 0.15) is 5.75 Å². The predicted molar refractivity (Wildman–Crippen MR) is 104 cm³/mol. The first-order valence-electron chi connectivity index (χ1n) is 10.2. The lowest BCUT2D eigenvalue weighted by molar-refractivity contribution is -0.123. The van der Waals surface area contributed by atoms with Crippen molar-refractivity contribution in [2.24, 2.45) is 0 Å². The summed E-state index contributed by atoms with van der Waals surface area (Å²) < 4.78 is 5.16. The number of methoxy groups -OCH3 is 1. The van der Waals surface area contributed by atoms with Crippen LogP contribution in [0.1, 0.15) is 38.5 Å². The Morgan fingerprint density at radius 3 is 2.19 bits per heavy atom. The number of benzene rings is 1. The number of likely N-dealkylation sites (tertiary alicyclic amines) is 2. The molecule has 3 heterocycles. The number of nitrogens with zero attached hydrogens (tertiary/aromatic N) is 3. The maximum atomic E-state index is 13.0. The summed E-state index contributed by atoms with van der Waals surface area (Å²) in [5.74, 6) is 0.532. The minimum atomic E-state index is -0.304. The first kappa shape index (κ1) is 18.4. The lowest BCUT2D eigenvalue weighted by Gasteiger charge is -2.41. The van der Waals surface area contributed by atoms with Crippen LogP contribution in [0, 0.1) is 0 Å². The lowest BCUT2D eigenvalue weighted by Crippen LogP contribution is -2.51. The van der Waals surface area contributed by atoms with Crippen molar-refractivity contribution in [3.63, 3.8) is 0 Å². The number of imide groups is 1. The van der Waals surface area contributed by atoms with Gasteiger partial charge in [0.15, 0.2) is 0 Å². The van der Waals surface area contributed by atoms with Crippen LogP contribution in [0.25, 0.3) is 0 Å². The van der Waals surface area contributed by atoms with E-state index in [2.05, 4.69) is 9.80 Å². The van der Waals surface area contributed by atoms with Crippen LogP contribution in [0.5, 0.6) is 5.75 Å². The van der Waals surface area contributed by atoms with Crippen molar-refractivity contribution in [2.75, 3.05) is 38.2 Å². The highest BCUT2D eigenvalue weighted by Crippen LogP contribution is 2.29. The minimum Gasteiger partial charge on any atom is -0.497 e. The highest BCUT2D eigenvalue weighted by molar-refractivity contribution is 6.22. The van der Waals surface area contributed by atoms with Gasteiger partial charge >= 0.3 is 0 Å². The van der Waals surface area contributed by atoms with E-state index >= 15 is 0 Å². The molecular weight excluding hydrogens is 342 g/mol. The third-order valence-electron chi connectivity index (χ3n) is 6.30. The van der Waals surface area contributed by atoms with E-state index in [0.717, 1.165) is 25.9 Å². The Bertz CT molecular complexity index is 676. The van der Waals surface area contributed by atoms with Crippen LogP contribution in [0.3, 0.4) is 0 Å². The number of carbonyl (C=O) groups is 2. The number of carbonyl (C=O) groups excluding carboxylic acids is 2. The fourth-order valence-corrected chi connectivity index (χ4v) is 4.75. The number of amides is 2. The van der Waals surface area contributed by atoms with Gasteiger partial charge in [-0.2, -0.15) is 0 Å². The van der Waals surface area contributed by atoms with Crippen molar-refractivity contribution in [1.82, 2.24) is 9.80 Å². The van der Waals surface area contributed by atoms with Gasteiger partial charge in [0.25, 0.3) is 5.91 Å². The first-order chi connectivity index (χ1) is 13.2. The fourth-order valence-electron chi connectivity index (χ4n) is 4.75. The average molecular weight is 371 g/mol. The Labute approximate surface area is 161 Å². The molecule has 0 saturated carbocycles. The van der Waals surface area contributed by atoms with Crippen molar-refractivity contribution in [3.05, 3.63) is 24.3 Å². The van der Waals surface area contributed by atoms with Crippen molar-refractivity contribution in [1.29, 1.82) is 0 Å². The Hall–Kier alpha value is -1.92. The second-order valence-corrected chi connectivity index (χ2v) is 7.85. The van der Waals surface area contributed by atoms with E-state index in [1.165, 1.54) is 37.3 Å². The smallest absolute Gasteiger partial charge is 0.251 e. The molecule has 0 bridgehead atoms. The van der Waals surface area contributed by atoms with Crippen LogP contribution < -0.4 is 9.64 Å². The SMILES string of the molecule is COc1ccc(N2C(=O)C[C@@H](N3CCC(N4CCCCC4)CC3)C2=O)cc1. The molecule has 3 aliphatic rings. The summed E-state index contributed by atoms with van der Waals surface area (Å²) in [5, 5.41) is 0. The third kappa shape index (κ3) is 3.73. The number of anilines is 1. The molecule has 0 N–H and O–H groups in total. The monoisotopic (exact) mass is 371 g/mol. The molecule has 2 amide bonds. The number of rotatable bonds is 4. The van der Waals surface area contributed by atoms with Gasteiger partial charge in [0.2, 0.25) is 5.91 Å². The summed E-state index contributed by atoms with van der Waals surface area (Å²) in [6, 6.07) is 7.47. The number of hydrogen-bond acceptors (Lipinski definition) is 5. The van der Waals surface area contributed by atoms with Crippen LogP contribution in [-0.2, 0) is 9.59 Å². The molecule has 4 rings (SSSR count). The van der Waals surface area contributed by atoms with Gasteiger partial charge in [-0.15, -0.1) is 0 Å². The van der Waals surface area contributed by atoms with E-state index in [0.29, 0.717) is 23.9 Å². The van der Waals surface area contributed by atoms with Crippen LogP contribution in [-0.4, -0.2) is 67.0 Å². The van der Waals surface area contributed by atoms with Gasteiger partial charge < -0.3 is 9.64 Å². The van der Waals surface area contributed by atoms with E-state index in [4.69, 9.17) is 4.74 Å². The quantitative estimate of drug-likeness (QED) is 0.760. The van der Waals surface area contributed by atoms with Crippen molar-refractivity contribution < 1.29 is 14.3 Å². The summed E-state index contributed by atoms with van der Waals surface area (Å²) in [5.41, 5.74) is 0.636. The Kier molecular flexibility index (Phi) is 5.45. The molecule has 1 aromatic rings. The molecule has 1 aromatic carbocycles. The fraction of sp³-hybridized carbons (Fsp3) is 0.619. The van der Waals surface area contributed by atoms with Gasteiger partial charge in [-0.25, -0.2) is 4.90 Å². The van der Waals surface area contributed by atoms with Gasteiger partial charge in [-0.1, -0.05) is 6.42 Å². The average Bonchev–Trinajstić information content (AvgIpc) is 3.03. The summed E-state index contributed by atoms with van der Waals surface area (Å²) in [7, 11) is 1.60. The van der Waals surface area contributed by atoms with Crippen LogP contribution in [0.4, 0.5) is 5.69 Å². The third-order valence-corrected chi connectivity index (χ3v) is 6.30. The van der Waals surface area contributed by atoms with E-state index in [1.54, 1.807) is 31.4 Å². The topological polar surface area (TPSA) is 53.1 Å². The Morgan fingerprint density at radius 1 is 0.889 bits per heavy atom. The molecular formula is C21H29N3O3. The van der Waals surface area contributed by atoms with E-state index in [1.807, 2.05) is 0 Å². The zero-order chi connectivity index (χ0) is 18.8. The molecule has 6 nitrogen and oxygen atoms in total. The van der Waals surface area contributed by atoms with E-state index < -0.39 is 0 Å². The predicted octanol–water partition coefficient (Wildman–Crippen LogP) is 2.28. The van der Waals surface area contributed by atoms with Crippen molar-refractivity contribution in [2.45, 2.75) is 50.6 Å². The number of ether oxygens (including phenoxy) is 1. The second kappa shape index (κ2) is 7.98. The standard InChI is InChI=1S/C21H29N3O3/c1-27-18-7-5-17(6-8-18)24-20(25)15-19(21(24)26)23-13-9-16(10-14-23)22-11-3-2-4-12-22/h5-8,16,19H,2-4,9-15H2,1H3/t19-/m1/s1. The maximum absolute atomic E-state index is 13.0. The molecule has 1 atom stereocenters. The molecule has 3 fully saturated rings. The Morgan fingerprint density at radius 2 is 1.56 bits per heavy atom. The lowest BCUT2D eigenvalue weighted by atomic mass is 9.98. The molecule has 6 heteroatoms. The van der Waals surface area contributed by atoms with Gasteiger partial charge in [-0.05, 0) is 63.0 Å². The van der Waals surface area contributed by atoms with Crippen molar-refractivity contribution >= 4 is 17.5 Å². The zero-order valence-electron chi connectivity index (χ0n) is 16.1. The normalized spacial score (nSPS) is 26.0. The highest BCUT2D eigenvalue weighted by Gasteiger charge is 2.43. The molecule has 0 aromatic heterocycles. The van der Waals surface area contributed by atoms with E-state index in [9.17, 15) is 9.59 Å². The van der Waals surface area contributed by atoms with Crippen LogP contribution >= 0.6 is 0 Å². The summed E-state index contributed by atoms with van der Waals surface area (Å²) in [4.78, 5) is 31.7. The molecule has 27 heavy (non-hydrogen) atoms. The summed E-state index contributed by atoms with van der Waals surface area (Å²) in [6.07, 6.45) is 6.47. The number of hydrogen-bond donors (Lipinski definition) is 0. The van der Waals surface area contributed by atoms with Gasteiger partial charge in [-0.3, -0.25) is 14.5 Å². The maximum Gasteiger partial charge on any atom is 0.251 e. The zero-order valence-corrected chi connectivity index (χ0v) is 16.1. The molecule has 3 saturated heterocycles. The largest absolute Gasteiger partial charge is 0.497 e. The Balaban J connectivity index is 1.38. The molecule has 0 radical (unpaired) electrons. The second-order valence-electron chi connectivity index (χ2n) is 7.85. The minimum absolute atomic E-state index is 0.0819. The molecule has 0 spiro atoms. The molecule has 0 unspecified atom stereocenters. The van der Waals surface area contributed by atoms with Gasteiger partial charge in [0, 0.05) is 19.1 Å². The summed E-state index contributed by atoms with van der Waals surface area (Å²) in [6.45, 7) is 4.25. The highest BCUT2D eigenvalue weighted by atomic mass is 16.5. The van der Waals surface area contributed by atoms with E-state index in [-0.39, 0.29) is 17.9 Å². The van der Waals surface area contributed by atoms with Crippen LogP contribution in [0.2, 0.25) is 0 Å². The van der Waals surface area contributed by atoms with Crippen LogP contribution in [0.15, 0.2) is 24.3 Å². The molecule has 0 aliphatic carbocycles. The van der Waals surface area contributed by atoms with Crippen molar-refractivity contribution in [3.8, 4) is 5.75 Å². The molecule has 3 aliphatic heterocycles. The van der Waals surface area contributed by atoms with Gasteiger partial charge in [0.05, 0.1) is 25.3 Å².